The van der Waals surface area contributed by atoms with Gasteiger partial charge in [0.25, 0.3) is 0 Å². The highest BCUT2D eigenvalue weighted by atomic mass is 16.5. The number of ether oxygens (including phenoxy) is 2. The second-order valence-corrected chi connectivity index (χ2v) is 5.97. The number of hydrogen-bond acceptors (Lipinski definition) is 5. The Bertz CT molecular complexity index is 306. The van der Waals surface area contributed by atoms with Crippen LogP contribution in [0.5, 0.6) is 0 Å². The van der Waals surface area contributed by atoms with Crippen LogP contribution in [0.3, 0.4) is 0 Å². The van der Waals surface area contributed by atoms with E-state index in [2.05, 4.69) is 29.4 Å². The lowest BCUT2D eigenvalue weighted by Gasteiger charge is -2.34. The molecule has 2 aliphatic rings. The molecule has 0 aromatic heterocycles. The summed E-state index contributed by atoms with van der Waals surface area (Å²) in [4.78, 5) is 14.4. The lowest BCUT2D eigenvalue weighted by molar-refractivity contribution is -0.127. The molecule has 2 atom stereocenters. The molecule has 0 spiro atoms. The zero-order chi connectivity index (χ0) is 14.4. The molecule has 2 aliphatic heterocycles. The Balaban J connectivity index is 1.68. The molecular weight excluding hydrogens is 258 g/mol. The third-order valence-corrected chi connectivity index (χ3v) is 3.59. The summed E-state index contributed by atoms with van der Waals surface area (Å²) in [5.74, 6) is 0.668. The molecule has 2 N–H and O–H groups in total. The summed E-state index contributed by atoms with van der Waals surface area (Å²) in [7, 11) is 0. The Hall–Kier alpha value is -0.690. The molecule has 0 aliphatic carbocycles. The fourth-order valence-electron chi connectivity index (χ4n) is 2.66. The van der Waals surface area contributed by atoms with Crippen molar-refractivity contribution < 1.29 is 14.3 Å². The van der Waals surface area contributed by atoms with Gasteiger partial charge in [0.15, 0.2) is 0 Å². The van der Waals surface area contributed by atoms with Gasteiger partial charge in [0.1, 0.15) is 6.04 Å². The minimum Gasteiger partial charge on any atom is -0.378 e. The second kappa shape index (κ2) is 7.93. The lowest BCUT2D eigenvalue weighted by atomic mass is 10.1. The number of hydrogen-bond donors (Lipinski definition) is 2. The molecule has 20 heavy (non-hydrogen) atoms. The van der Waals surface area contributed by atoms with Gasteiger partial charge in [-0.2, -0.15) is 0 Å². The van der Waals surface area contributed by atoms with Crippen LogP contribution >= 0.6 is 0 Å². The summed E-state index contributed by atoms with van der Waals surface area (Å²) in [6.45, 7) is 10.6. The molecule has 6 nitrogen and oxygen atoms in total. The first kappa shape index (κ1) is 15.7. The SMILES string of the molecule is CC(C)CN1CCOC(CNC(=O)C2COCCN2)C1. The van der Waals surface area contributed by atoms with E-state index in [1.54, 1.807) is 0 Å². The van der Waals surface area contributed by atoms with E-state index in [-0.39, 0.29) is 18.1 Å². The molecule has 0 aromatic carbocycles. The van der Waals surface area contributed by atoms with Gasteiger partial charge in [-0.3, -0.25) is 9.69 Å². The van der Waals surface area contributed by atoms with Crippen molar-refractivity contribution in [3.63, 3.8) is 0 Å². The van der Waals surface area contributed by atoms with Crippen LogP contribution in [0.25, 0.3) is 0 Å². The molecule has 0 aromatic rings. The summed E-state index contributed by atoms with van der Waals surface area (Å²) < 4.78 is 11.0. The summed E-state index contributed by atoms with van der Waals surface area (Å²) in [6, 6.07) is -0.223. The van der Waals surface area contributed by atoms with Gasteiger partial charge in [0, 0.05) is 32.7 Å². The second-order valence-electron chi connectivity index (χ2n) is 5.97. The molecule has 2 unspecified atom stereocenters. The first-order valence-corrected chi connectivity index (χ1v) is 7.58. The predicted octanol–water partition coefficient (Wildman–Crippen LogP) is -0.552. The Kier molecular flexibility index (Phi) is 6.22. The van der Waals surface area contributed by atoms with Crippen LogP contribution in [0, 0.1) is 5.92 Å². The highest BCUT2D eigenvalue weighted by Crippen LogP contribution is 2.07. The monoisotopic (exact) mass is 285 g/mol. The maximum Gasteiger partial charge on any atom is 0.239 e. The van der Waals surface area contributed by atoms with Crippen molar-refractivity contribution in [1.29, 1.82) is 0 Å². The largest absolute Gasteiger partial charge is 0.378 e. The first-order chi connectivity index (χ1) is 9.65. The van der Waals surface area contributed by atoms with Crippen LogP contribution in [0.2, 0.25) is 0 Å². The molecule has 2 rings (SSSR count). The fraction of sp³-hybridized carbons (Fsp3) is 0.929. The number of nitrogens with one attached hydrogen (secondary N) is 2. The zero-order valence-corrected chi connectivity index (χ0v) is 12.6. The van der Waals surface area contributed by atoms with Crippen LogP contribution in [-0.4, -0.2) is 75.5 Å². The number of carbonyl (C=O) groups excluding carboxylic acids is 1. The molecule has 116 valence electrons. The van der Waals surface area contributed by atoms with Crippen LogP contribution in [0.15, 0.2) is 0 Å². The normalized spacial score (nSPS) is 28.6. The molecule has 1 amide bonds. The quantitative estimate of drug-likeness (QED) is 0.709. The summed E-state index contributed by atoms with van der Waals surface area (Å²) in [5, 5.41) is 6.12. The van der Waals surface area contributed by atoms with Gasteiger partial charge in [0.2, 0.25) is 5.91 Å². The van der Waals surface area contributed by atoms with Crippen molar-refractivity contribution in [2.75, 3.05) is 52.5 Å². The molecular formula is C14H27N3O3. The van der Waals surface area contributed by atoms with E-state index >= 15 is 0 Å². The van der Waals surface area contributed by atoms with Crippen LogP contribution in [0.1, 0.15) is 13.8 Å². The smallest absolute Gasteiger partial charge is 0.239 e. The van der Waals surface area contributed by atoms with Crippen LogP contribution in [-0.2, 0) is 14.3 Å². The molecule has 0 radical (unpaired) electrons. The van der Waals surface area contributed by atoms with Gasteiger partial charge in [0.05, 0.1) is 25.9 Å². The number of rotatable bonds is 5. The zero-order valence-electron chi connectivity index (χ0n) is 12.6. The van der Waals surface area contributed by atoms with Gasteiger partial charge in [-0.15, -0.1) is 0 Å². The van der Waals surface area contributed by atoms with Crippen molar-refractivity contribution in [3.8, 4) is 0 Å². The van der Waals surface area contributed by atoms with Crippen molar-refractivity contribution >= 4 is 5.91 Å². The van der Waals surface area contributed by atoms with Crippen molar-refractivity contribution in [2.24, 2.45) is 5.92 Å². The Morgan fingerprint density at radius 1 is 1.45 bits per heavy atom. The van der Waals surface area contributed by atoms with Gasteiger partial charge in [-0.25, -0.2) is 0 Å². The van der Waals surface area contributed by atoms with E-state index in [1.165, 1.54) is 0 Å². The minimum absolute atomic E-state index is 0.00860. The third kappa shape index (κ3) is 5.01. The summed E-state index contributed by atoms with van der Waals surface area (Å²) >= 11 is 0. The molecule has 6 heteroatoms. The third-order valence-electron chi connectivity index (χ3n) is 3.59. The Labute approximate surface area is 121 Å². The lowest BCUT2D eigenvalue weighted by Crippen LogP contribution is -2.54. The molecule has 2 heterocycles. The molecule has 0 bridgehead atoms. The number of morpholine rings is 2. The van der Waals surface area contributed by atoms with E-state index < -0.39 is 0 Å². The average Bonchev–Trinajstić information content (AvgIpc) is 2.45. The van der Waals surface area contributed by atoms with Crippen molar-refractivity contribution in [2.45, 2.75) is 26.0 Å². The van der Waals surface area contributed by atoms with Crippen molar-refractivity contribution in [1.82, 2.24) is 15.5 Å². The molecule has 0 saturated carbocycles. The van der Waals surface area contributed by atoms with E-state index in [1.807, 2.05) is 0 Å². The van der Waals surface area contributed by atoms with Crippen LogP contribution < -0.4 is 10.6 Å². The maximum atomic E-state index is 12.0. The average molecular weight is 285 g/mol. The maximum absolute atomic E-state index is 12.0. The summed E-state index contributed by atoms with van der Waals surface area (Å²) in [5.41, 5.74) is 0. The van der Waals surface area contributed by atoms with Gasteiger partial charge >= 0.3 is 0 Å². The van der Waals surface area contributed by atoms with Crippen LogP contribution in [0.4, 0.5) is 0 Å². The highest BCUT2D eigenvalue weighted by Gasteiger charge is 2.24. The Morgan fingerprint density at radius 2 is 2.30 bits per heavy atom. The number of amides is 1. The van der Waals surface area contributed by atoms with Gasteiger partial charge in [-0.05, 0) is 5.92 Å². The number of carbonyl (C=O) groups is 1. The molecule has 2 fully saturated rings. The summed E-state index contributed by atoms with van der Waals surface area (Å²) in [6.07, 6.45) is 0.0935. The van der Waals surface area contributed by atoms with Crippen molar-refractivity contribution in [3.05, 3.63) is 0 Å². The van der Waals surface area contributed by atoms with Gasteiger partial charge in [-0.1, -0.05) is 13.8 Å². The van der Waals surface area contributed by atoms with E-state index in [9.17, 15) is 4.79 Å². The minimum atomic E-state index is -0.223. The van der Waals surface area contributed by atoms with E-state index in [4.69, 9.17) is 9.47 Å². The molecule has 2 saturated heterocycles. The number of nitrogens with zero attached hydrogens (tertiary/aromatic N) is 1. The fourth-order valence-corrected chi connectivity index (χ4v) is 2.66. The highest BCUT2D eigenvalue weighted by molar-refractivity contribution is 5.82. The predicted molar refractivity (Wildman–Crippen MR) is 76.6 cm³/mol. The topological polar surface area (TPSA) is 62.8 Å². The van der Waals surface area contributed by atoms with E-state index in [0.717, 1.165) is 32.8 Å². The van der Waals surface area contributed by atoms with Gasteiger partial charge < -0.3 is 20.1 Å². The van der Waals surface area contributed by atoms with E-state index in [0.29, 0.717) is 25.7 Å². The first-order valence-electron chi connectivity index (χ1n) is 7.58. The Morgan fingerprint density at radius 3 is 3.00 bits per heavy atom. The standard InChI is InChI=1S/C14H27N3O3/c1-11(2)8-17-4-6-20-12(9-17)7-16-14(18)13-10-19-5-3-15-13/h11-13,15H,3-10H2,1-2H3,(H,16,18).